The van der Waals surface area contributed by atoms with Crippen LogP contribution in [-0.4, -0.2) is 31.7 Å². The van der Waals surface area contributed by atoms with Crippen molar-refractivity contribution in [3.8, 4) is 0 Å². The van der Waals surface area contributed by atoms with Gasteiger partial charge in [0.1, 0.15) is 0 Å². The SMILES string of the molecule is Cc1ccc(CNC(=O)C2(C)CCCN(S(=O)(=O)c3ccc(CC(C)C)cc3)C2)cc1. The van der Waals surface area contributed by atoms with Gasteiger partial charge >= 0.3 is 0 Å². The van der Waals surface area contributed by atoms with Crippen molar-refractivity contribution in [2.45, 2.75) is 58.4 Å². The van der Waals surface area contributed by atoms with Crippen molar-refractivity contribution < 1.29 is 13.2 Å². The molecule has 0 aliphatic carbocycles. The predicted molar refractivity (Wildman–Crippen MR) is 124 cm³/mol. The maximum atomic E-state index is 13.2. The van der Waals surface area contributed by atoms with E-state index >= 15 is 0 Å². The zero-order valence-electron chi connectivity index (χ0n) is 19.0. The summed E-state index contributed by atoms with van der Waals surface area (Å²) in [6.45, 7) is 9.26. The number of carbonyl (C=O) groups is 1. The molecule has 2 aromatic carbocycles. The van der Waals surface area contributed by atoms with Crippen molar-refractivity contribution in [3.63, 3.8) is 0 Å². The molecule has 31 heavy (non-hydrogen) atoms. The number of nitrogens with one attached hydrogen (secondary N) is 1. The van der Waals surface area contributed by atoms with Crippen LogP contribution in [0.5, 0.6) is 0 Å². The molecule has 1 saturated heterocycles. The molecule has 2 aromatic rings. The van der Waals surface area contributed by atoms with Gasteiger partial charge in [-0.15, -0.1) is 0 Å². The molecule has 1 N–H and O–H groups in total. The molecule has 5 nitrogen and oxygen atoms in total. The Morgan fingerprint density at radius 2 is 1.68 bits per heavy atom. The zero-order chi connectivity index (χ0) is 22.6. The Kier molecular flexibility index (Phi) is 7.22. The fourth-order valence-electron chi connectivity index (χ4n) is 4.10. The van der Waals surface area contributed by atoms with Gasteiger partial charge in [-0.2, -0.15) is 4.31 Å². The molecule has 6 heteroatoms. The highest BCUT2D eigenvalue weighted by atomic mass is 32.2. The summed E-state index contributed by atoms with van der Waals surface area (Å²) in [5.74, 6) is 0.420. The first-order valence-corrected chi connectivity index (χ1v) is 12.5. The summed E-state index contributed by atoms with van der Waals surface area (Å²) in [5, 5.41) is 3.01. The van der Waals surface area contributed by atoms with E-state index in [1.807, 2.05) is 50.2 Å². The smallest absolute Gasteiger partial charge is 0.243 e. The quantitative estimate of drug-likeness (QED) is 0.695. The number of benzene rings is 2. The lowest BCUT2D eigenvalue weighted by molar-refractivity contribution is -0.132. The molecule has 1 aliphatic heterocycles. The second-order valence-corrected chi connectivity index (χ2v) is 11.4. The van der Waals surface area contributed by atoms with Gasteiger partial charge < -0.3 is 5.32 Å². The number of aryl methyl sites for hydroxylation is 1. The normalized spacial score (nSPS) is 20.0. The Hall–Kier alpha value is -2.18. The Morgan fingerprint density at radius 1 is 1.06 bits per heavy atom. The van der Waals surface area contributed by atoms with Gasteiger partial charge in [0, 0.05) is 19.6 Å². The standard InChI is InChI=1S/C25H34N2O3S/c1-19(2)16-21-10-12-23(13-11-21)31(29,30)27-15-5-14-25(4,18-27)24(28)26-17-22-8-6-20(3)7-9-22/h6-13,19H,5,14-18H2,1-4H3,(H,26,28). The van der Waals surface area contributed by atoms with Crippen LogP contribution in [0.15, 0.2) is 53.4 Å². The zero-order valence-corrected chi connectivity index (χ0v) is 19.8. The lowest BCUT2D eigenvalue weighted by atomic mass is 9.82. The number of sulfonamides is 1. The van der Waals surface area contributed by atoms with E-state index in [2.05, 4.69) is 19.2 Å². The second-order valence-electron chi connectivity index (χ2n) is 9.41. The minimum atomic E-state index is -3.63. The van der Waals surface area contributed by atoms with Gasteiger partial charge in [-0.3, -0.25) is 4.79 Å². The van der Waals surface area contributed by atoms with Crippen molar-refractivity contribution in [1.29, 1.82) is 0 Å². The first kappa shape index (κ1) is 23.5. The molecule has 1 fully saturated rings. The molecule has 1 heterocycles. The van der Waals surface area contributed by atoms with Crippen LogP contribution in [0, 0.1) is 18.3 Å². The van der Waals surface area contributed by atoms with Crippen LogP contribution >= 0.6 is 0 Å². The molecule has 168 valence electrons. The molecule has 1 aliphatic rings. The summed E-state index contributed by atoms with van der Waals surface area (Å²) in [5.41, 5.74) is 2.60. The van der Waals surface area contributed by atoms with E-state index in [1.165, 1.54) is 9.87 Å². The summed E-state index contributed by atoms with van der Waals surface area (Å²) < 4.78 is 27.9. The lowest BCUT2D eigenvalue weighted by Gasteiger charge is -2.38. The molecule has 0 saturated carbocycles. The van der Waals surface area contributed by atoms with Crippen molar-refractivity contribution in [2.24, 2.45) is 11.3 Å². The van der Waals surface area contributed by atoms with Crippen molar-refractivity contribution >= 4 is 15.9 Å². The highest BCUT2D eigenvalue weighted by Crippen LogP contribution is 2.33. The van der Waals surface area contributed by atoms with Gasteiger partial charge in [0.25, 0.3) is 0 Å². The summed E-state index contributed by atoms with van der Waals surface area (Å²) in [4.78, 5) is 13.3. The third-order valence-electron chi connectivity index (χ3n) is 5.99. The Balaban J connectivity index is 1.68. The molecular formula is C25H34N2O3S. The molecule has 1 amide bonds. The average Bonchev–Trinajstić information content (AvgIpc) is 2.73. The van der Waals surface area contributed by atoms with Crippen molar-refractivity contribution in [3.05, 3.63) is 65.2 Å². The first-order valence-electron chi connectivity index (χ1n) is 11.0. The van der Waals surface area contributed by atoms with Crippen LogP contribution in [-0.2, 0) is 27.8 Å². The van der Waals surface area contributed by atoms with Gasteiger partial charge in [0.2, 0.25) is 15.9 Å². The van der Waals surface area contributed by atoms with Crippen LogP contribution in [0.1, 0.15) is 50.3 Å². The van der Waals surface area contributed by atoms with Gasteiger partial charge in [-0.25, -0.2) is 8.42 Å². The third-order valence-corrected chi connectivity index (χ3v) is 7.85. The van der Waals surface area contributed by atoms with E-state index in [9.17, 15) is 13.2 Å². The van der Waals surface area contributed by atoms with E-state index in [1.54, 1.807) is 12.1 Å². The number of rotatable bonds is 7. The van der Waals surface area contributed by atoms with Crippen LogP contribution in [0.4, 0.5) is 0 Å². The summed E-state index contributed by atoms with van der Waals surface area (Å²) in [6.07, 6.45) is 2.26. The van der Waals surface area contributed by atoms with Gasteiger partial charge in [-0.05, 0) is 62.3 Å². The Bertz CT molecular complexity index is 998. The Labute approximate surface area is 186 Å². The fourth-order valence-corrected chi connectivity index (χ4v) is 5.71. The number of hydrogen-bond donors (Lipinski definition) is 1. The summed E-state index contributed by atoms with van der Waals surface area (Å²) >= 11 is 0. The van der Waals surface area contributed by atoms with Crippen LogP contribution in [0.3, 0.4) is 0 Å². The van der Waals surface area contributed by atoms with Gasteiger partial charge in [0.05, 0.1) is 10.3 Å². The van der Waals surface area contributed by atoms with E-state index < -0.39 is 15.4 Å². The largest absolute Gasteiger partial charge is 0.352 e. The van der Waals surface area contributed by atoms with Crippen LogP contribution in [0.25, 0.3) is 0 Å². The average molecular weight is 443 g/mol. The summed E-state index contributed by atoms with van der Waals surface area (Å²) in [6, 6.07) is 15.2. The second kappa shape index (κ2) is 9.53. The number of amides is 1. The topological polar surface area (TPSA) is 66.5 Å². The first-order chi connectivity index (χ1) is 14.6. The number of piperidine rings is 1. The van der Waals surface area contributed by atoms with E-state index in [0.29, 0.717) is 36.7 Å². The van der Waals surface area contributed by atoms with E-state index in [-0.39, 0.29) is 12.5 Å². The third kappa shape index (κ3) is 5.74. The molecule has 3 rings (SSSR count). The van der Waals surface area contributed by atoms with Gasteiger partial charge in [-0.1, -0.05) is 55.8 Å². The molecular weight excluding hydrogens is 408 g/mol. The Morgan fingerprint density at radius 3 is 2.29 bits per heavy atom. The predicted octanol–water partition coefficient (Wildman–Crippen LogP) is 4.30. The maximum Gasteiger partial charge on any atom is 0.243 e. The molecule has 0 spiro atoms. The molecule has 1 unspecified atom stereocenters. The maximum absolute atomic E-state index is 13.2. The van der Waals surface area contributed by atoms with Crippen molar-refractivity contribution in [1.82, 2.24) is 9.62 Å². The minimum Gasteiger partial charge on any atom is -0.352 e. The van der Waals surface area contributed by atoms with Crippen LogP contribution in [0.2, 0.25) is 0 Å². The molecule has 0 aromatic heterocycles. The van der Waals surface area contributed by atoms with Gasteiger partial charge in [0.15, 0.2) is 0 Å². The van der Waals surface area contributed by atoms with Crippen LogP contribution < -0.4 is 5.32 Å². The molecule has 1 atom stereocenters. The number of nitrogens with zero attached hydrogens (tertiary/aromatic N) is 1. The van der Waals surface area contributed by atoms with Crippen molar-refractivity contribution in [2.75, 3.05) is 13.1 Å². The molecule has 0 radical (unpaired) electrons. The monoisotopic (exact) mass is 442 g/mol. The fraction of sp³-hybridized carbons (Fsp3) is 0.480. The molecule has 0 bridgehead atoms. The lowest BCUT2D eigenvalue weighted by Crippen LogP contribution is -2.51. The number of hydrogen-bond acceptors (Lipinski definition) is 3. The highest BCUT2D eigenvalue weighted by molar-refractivity contribution is 7.89. The minimum absolute atomic E-state index is 0.0970. The van der Waals surface area contributed by atoms with E-state index in [0.717, 1.165) is 17.5 Å². The number of carbonyl (C=O) groups excluding carboxylic acids is 1. The highest BCUT2D eigenvalue weighted by Gasteiger charge is 2.41. The van der Waals surface area contributed by atoms with E-state index in [4.69, 9.17) is 0 Å². The summed E-state index contributed by atoms with van der Waals surface area (Å²) in [7, 11) is -3.63.